The standard InChI is InChI=1S/C26H36N2O3/c1-17-10-9-11-22(13-17)15-28(21(5)25(30)27-26(6,7)8)24(29)16-31-23-14-18(2)12-19(3)20(23)4/h9-14,21H,15-16H2,1-8H3,(H,27,30)/t21-/m0/s1. The van der Waals surface area contributed by atoms with Gasteiger partial charge in [-0.25, -0.2) is 0 Å². The van der Waals surface area contributed by atoms with E-state index in [-0.39, 0.29) is 24.0 Å². The summed E-state index contributed by atoms with van der Waals surface area (Å²) in [5.41, 5.74) is 4.93. The number of ether oxygens (including phenoxy) is 1. The Hall–Kier alpha value is -2.82. The fourth-order valence-corrected chi connectivity index (χ4v) is 3.44. The number of carbonyl (C=O) groups excluding carboxylic acids is 2. The molecule has 0 aliphatic carbocycles. The third kappa shape index (κ3) is 7.12. The van der Waals surface area contributed by atoms with Gasteiger partial charge in [-0.2, -0.15) is 0 Å². The lowest BCUT2D eigenvalue weighted by atomic mass is 10.1. The van der Waals surface area contributed by atoms with E-state index in [9.17, 15) is 9.59 Å². The summed E-state index contributed by atoms with van der Waals surface area (Å²) in [6, 6.07) is 11.4. The van der Waals surface area contributed by atoms with Crippen LogP contribution in [0.3, 0.4) is 0 Å². The van der Waals surface area contributed by atoms with Crippen LogP contribution in [0.2, 0.25) is 0 Å². The molecule has 0 unspecified atom stereocenters. The molecule has 0 radical (unpaired) electrons. The average molecular weight is 425 g/mol. The van der Waals surface area contributed by atoms with Gasteiger partial charge in [-0.05, 0) is 83.7 Å². The summed E-state index contributed by atoms with van der Waals surface area (Å²) < 4.78 is 5.91. The molecule has 0 fully saturated rings. The number of aryl methyl sites for hydroxylation is 3. The summed E-state index contributed by atoms with van der Waals surface area (Å²) in [6.45, 7) is 15.8. The van der Waals surface area contributed by atoms with Crippen molar-refractivity contribution in [2.24, 2.45) is 0 Å². The van der Waals surface area contributed by atoms with E-state index in [1.54, 1.807) is 11.8 Å². The van der Waals surface area contributed by atoms with Crippen LogP contribution in [0.5, 0.6) is 5.75 Å². The monoisotopic (exact) mass is 424 g/mol. The van der Waals surface area contributed by atoms with Crippen molar-refractivity contribution in [2.75, 3.05) is 6.61 Å². The molecule has 2 amide bonds. The quantitative estimate of drug-likeness (QED) is 0.705. The topological polar surface area (TPSA) is 58.6 Å². The number of nitrogens with zero attached hydrogens (tertiary/aromatic N) is 1. The molecular formula is C26H36N2O3. The van der Waals surface area contributed by atoms with Crippen molar-refractivity contribution >= 4 is 11.8 Å². The van der Waals surface area contributed by atoms with Gasteiger partial charge < -0.3 is 15.0 Å². The van der Waals surface area contributed by atoms with Crippen molar-refractivity contribution in [1.82, 2.24) is 10.2 Å². The van der Waals surface area contributed by atoms with E-state index in [1.807, 2.05) is 78.8 Å². The second kappa shape index (κ2) is 9.99. The number of amides is 2. The largest absolute Gasteiger partial charge is 0.483 e. The molecule has 2 aromatic carbocycles. The molecule has 168 valence electrons. The molecule has 5 heteroatoms. The maximum atomic E-state index is 13.2. The lowest BCUT2D eigenvalue weighted by Gasteiger charge is -2.31. The Bertz CT molecular complexity index is 944. The minimum atomic E-state index is -0.629. The number of hydrogen-bond acceptors (Lipinski definition) is 3. The van der Waals surface area contributed by atoms with Crippen LogP contribution < -0.4 is 10.1 Å². The van der Waals surface area contributed by atoms with Crippen molar-refractivity contribution in [3.8, 4) is 5.75 Å². The molecule has 1 N–H and O–H groups in total. The van der Waals surface area contributed by atoms with Crippen LogP contribution in [0.4, 0.5) is 0 Å². The molecule has 0 aromatic heterocycles. The molecule has 1 atom stereocenters. The Kier molecular flexibility index (Phi) is 7.88. The van der Waals surface area contributed by atoms with E-state index in [2.05, 4.69) is 11.4 Å². The lowest BCUT2D eigenvalue weighted by molar-refractivity contribution is -0.142. The molecule has 0 spiro atoms. The van der Waals surface area contributed by atoms with Gasteiger partial charge in [-0.3, -0.25) is 9.59 Å². The summed E-state index contributed by atoms with van der Waals surface area (Å²) in [6.07, 6.45) is 0. The lowest BCUT2D eigenvalue weighted by Crippen LogP contribution is -2.53. The molecule has 31 heavy (non-hydrogen) atoms. The fraction of sp³-hybridized carbons (Fsp3) is 0.462. The van der Waals surface area contributed by atoms with Gasteiger partial charge in [0.15, 0.2) is 6.61 Å². The SMILES string of the molecule is Cc1cccc(CN(C(=O)COc2cc(C)cc(C)c2C)[C@@H](C)C(=O)NC(C)(C)C)c1. The minimum absolute atomic E-state index is 0.122. The van der Waals surface area contributed by atoms with Crippen molar-refractivity contribution in [2.45, 2.75) is 73.5 Å². The number of nitrogens with one attached hydrogen (secondary N) is 1. The molecule has 5 nitrogen and oxygen atoms in total. The van der Waals surface area contributed by atoms with E-state index < -0.39 is 6.04 Å². The third-order valence-corrected chi connectivity index (χ3v) is 5.22. The summed E-state index contributed by atoms with van der Waals surface area (Å²) >= 11 is 0. The molecule has 0 bridgehead atoms. The van der Waals surface area contributed by atoms with Crippen LogP contribution in [-0.2, 0) is 16.1 Å². The van der Waals surface area contributed by atoms with Crippen molar-refractivity contribution in [1.29, 1.82) is 0 Å². The zero-order valence-corrected chi connectivity index (χ0v) is 20.1. The van der Waals surface area contributed by atoms with Gasteiger partial charge in [0.1, 0.15) is 11.8 Å². The maximum absolute atomic E-state index is 13.2. The molecule has 2 rings (SSSR count). The second-order valence-corrected chi connectivity index (χ2v) is 9.42. The maximum Gasteiger partial charge on any atom is 0.261 e. The molecule has 0 heterocycles. The first-order chi connectivity index (χ1) is 14.4. The highest BCUT2D eigenvalue weighted by Crippen LogP contribution is 2.23. The third-order valence-electron chi connectivity index (χ3n) is 5.22. The molecule has 0 saturated heterocycles. The zero-order chi connectivity index (χ0) is 23.3. The second-order valence-electron chi connectivity index (χ2n) is 9.42. The Morgan fingerprint density at radius 3 is 2.32 bits per heavy atom. The highest BCUT2D eigenvalue weighted by molar-refractivity contribution is 5.88. The van der Waals surface area contributed by atoms with E-state index >= 15 is 0 Å². The average Bonchev–Trinajstić information content (AvgIpc) is 2.65. The first-order valence-corrected chi connectivity index (χ1v) is 10.7. The van der Waals surface area contributed by atoms with Gasteiger partial charge in [-0.15, -0.1) is 0 Å². The first-order valence-electron chi connectivity index (χ1n) is 10.7. The highest BCUT2D eigenvalue weighted by atomic mass is 16.5. The van der Waals surface area contributed by atoms with Gasteiger partial charge in [0, 0.05) is 12.1 Å². The first kappa shape index (κ1) is 24.4. The van der Waals surface area contributed by atoms with Gasteiger partial charge in [0.2, 0.25) is 5.91 Å². The molecular weight excluding hydrogens is 388 g/mol. The smallest absolute Gasteiger partial charge is 0.261 e. The summed E-state index contributed by atoms with van der Waals surface area (Å²) in [5, 5.41) is 2.98. The number of hydrogen-bond donors (Lipinski definition) is 1. The number of rotatable bonds is 7. The van der Waals surface area contributed by atoms with E-state index in [0.717, 1.165) is 27.8 Å². The Balaban J connectivity index is 2.24. The van der Waals surface area contributed by atoms with Gasteiger partial charge in [0.25, 0.3) is 5.91 Å². The molecule has 0 aliphatic rings. The van der Waals surface area contributed by atoms with Crippen LogP contribution >= 0.6 is 0 Å². The number of benzene rings is 2. The summed E-state index contributed by atoms with van der Waals surface area (Å²) in [4.78, 5) is 27.6. The Morgan fingerprint density at radius 1 is 1.03 bits per heavy atom. The van der Waals surface area contributed by atoms with E-state index in [4.69, 9.17) is 4.74 Å². The van der Waals surface area contributed by atoms with Crippen LogP contribution in [0.25, 0.3) is 0 Å². The fourth-order valence-electron chi connectivity index (χ4n) is 3.44. The Morgan fingerprint density at radius 2 is 1.71 bits per heavy atom. The highest BCUT2D eigenvalue weighted by Gasteiger charge is 2.28. The number of carbonyl (C=O) groups is 2. The molecule has 0 aliphatic heterocycles. The van der Waals surface area contributed by atoms with Crippen molar-refractivity contribution < 1.29 is 14.3 Å². The summed E-state index contributed by atoms with van der Waals surface area (Å²) in [5.74, 6) is 0.292. The van der Waals surface area contributed by atoms with Gasteiger partial charge >= 0.3 is 0 Å². The Labute approximate surface area is 186 Å². The van der Waals surface area contributed by atoms with Crippen molar-refractivity contribution in [3.05, 3.63) is 64.2 Å². The van der Waals surface area contributed by atoms with Crippen LogP contribution in [0.1, 0.15) is 55.5 Å². The summed E-state index contributed by atoms with van der Waals surface area (Å²) in [7, 11) is 0. The van der Waals surface area contributed by atoms with Crippen LogP contribution in [0.15, 0.2) is 36.4 Å². The minimum Gasteiger partial charge on any atom is -0.483 e. The van der Waals surface area contributed by atoms with E-state index in [1.165, 1.54) is 0 Å². The van der Waals surface area contributed by atoms with Crippen molar-refractivity contribution in [3.63, 3.8) is 0 Å². The normalized spacial score (nSPS) is 12.3. The van der Waals surface area contributed by atoms with Gasteiger partial charge in [0.05, 0.1) is 0 Å². The predicted octanol–water partition coefficient (Wildman–Crippen LogP) is 4.63. The van der Waals surface area contributed by atoms with Crippen LogP contribution in [0, 0.1) is 27.7 Å². The van der Waals surface area contributed by atoms with E-state index in [0.29, 0.717) is 12.3 Å². The van der Waals surface area contributed by atoms with Crippen LogP contribution in [-0.4, -0.2) is 34.9 Å². The molecule has 2 aromatic rings. The predicted molar refractivity (Wildman–Crippen MR) is 125 cm³/mol. The van der Waals surface area contributed by atoms with Gasteiger partial charge in [-0.1, -0.05) is 35.9 Å². The molecule has 0 saturated carbocycles. The zero-order valence-electron chi connectivity index (χ0n) is 20.1.